The van der Waals surface area contributed by atoms with Crippen molar-refractivity contribution in [3.05, 3.63) is 46.7 Å². The lowest BCUT2D eigenvalue weighted by molar-refractivity contribution is 0.205. The quantitative estimate of drug-likeness (QED) is 0.679. The Morgan fingerprint density at radius 1 is 1.22 bits per heavy atom. The molecule has 2 aliphatic rings. The molecule has 0 amide bonds. The zero-order valence-corrected chi connectivity index (χ0v) is 19.8. The maximum absolute atomic E-state index is 10.3. The number of benzene rings is 1. The Kier molecular flexibility index (Phi) is 7.16. The summed E-state index contributed by atoms with van der Waals surface area (Å²) in [5, 5.41) is 20.6. The molecule has 2 unspecified atom stereocenters. The number of hydrogen-bond acceptors (Lipinski definition) is 6. The van der Waals surface area contributed by atoms with Gasteiger partial charge >= 0.3 is 0 Å². The second-order valence-corrected chi connectivity index (χ2v) is 8.88. The Balaban J connectivity index is 2.20. The van der Waals surface area contributed by atoms with E-state index in [2.05, 4.69) is 30.0 Å². The summed E-state index contributed by atoms with van der Waals surface area (Å²) >= 11 is 0. The summed E-state index contributed by atoms with van der Waals surface area (Å²) in [6.07, 6.45) is 3.27. The van der Waals surface area contributed by atoms with Crippen molar-refractivity contribution in [1.82, 2.24) is 4.90 Å². The Morgan fingerprint density at radius 2 is 1.94 bits per heavy atom. The summed E-state index contributed by atoms with van der Waals surface area (Å²) < 4.78 is 11.8. The van der Waals surface area contributed by atoms with E-state index in [0.29, 0.717) is 23.8 Å². The summed E-state index contributed by atoms with van der Waals surface area (Å²) in [5.41, 5.74) is 8.34. The van der Waals surface area contributed by atoms with Gasteiger partial charge in [0.2, 0.25) is 0 Å². The first-order valence-electron chi connectivity index (χ1n) is 11.5. The van der Waals surface area contributed by atoms with E-state index < -0.39 is 11.3 Å². The highest BCUT2D eigenvalue weighted by atomic mass is 16.5. The van der Waals surface area contributed by atoms with Crippen LogP contribution in [-0.2, 0) is 0 Å². The molecule has 2 atom stereocenters. The van der Waals surface area contributed by atoms with Gasteiger partial charge in [0.05, 0.1) is 24.8 Å². The van der Waals surface area contributed by atoms with Gasteiger partial charge in [0.25, 0.3) is 0 Å². The van der Waals surface area contributed by atoms with Gasteiger partial charge in [-0.2, -0.15) is 10.5 Å². The smallest absolute Gasteiger partial charge is 0.190 e. The van der Waals surface area contributed by atoms with Crippen molar-refractivity contribution in [3.8, 4) is 23.6 Å². The molecule has 0 bridgehead atoms. The summed E-state index contributed by atoms with van der Waals surface area (Å²) in [5.74, 6) is 0.875. The van der Waals surface area contributed by atoms with E-state index in [4.69, 9.17) is 15.2 Å². The minimum absolute atomic E-state index is 0.00348. The Morgan fingerprint density at radius 3 is 2.53 bits per heavy atom. The van der Waals surface area contributed by atoms with Gasteiger partial charge in [0.15, 0.2) is 16.9 Å². The van der Waals surface area contributed by atoms with Gasteiger partial charge in [-0.15, -0.1) is 0 Å². The fourth-order valence-electron chi connectivity index (χ4n) is 5.07. The lowest BCUT2D eigenvalue weighted by Gasteiger charge is -2.46. The first-order valence-corrected chi connectivity index (χ1v) is 11.5. The van der Waals surface area contributed by atoms with E-state index in [1.54, 1.807) is 0 Å². The predicted octanol–water partition coefficient (Wildman–Crippen LogP) is 4.50. The minimum atomic E-state index is -1.44. The number of nitrogens with two attached hydrogens (primary N) is 1. The molecule has 6 heteroatoms. The third-order valence-electron chi connectivity index (χ3n) is 6.44. The largest absolute Gasteiger partial charge is 0.490 e. The fraction of sp³-hybridized carbons (Fsp3) is 0.538. The molecule has 1 aliphatic heterocycles. The SMILES string of the molecule is CCCN1CC=C2C(C)=C(N)C(C#N)(C#N)C(c3ccc(OC(C)C)c(OCC)c3)C2C1. The van der Waals surface area contributed by atoms with Crippen LogP contribution in [0.4, 0.5) is 0 Å². The van der Waals surface area contributed by atoms with E-state index in [-0.39, 0.29) is 12.0 Å². The molecule has 0 saturated heterocycles. The van der Waals surface area contributed by atoms with Gasteiger partial charge < -0.3 is 15.2 Å². The van der Waals surface area contributed by atoms with Gasteiger partial charge in [0, 0.05) is 30.6 Å². The zero-order valence-electron chi connectivity index (χ0n) is 19.8. The van der Waals surface area contributed by atoms with Gasteiger partial charge in [0.1, 0.15) is 0 Å². The number of ether oxygens (including phenoxy) is 2. The number of hydrogen-bond donors (Lipinski definition) is 1. The van der Waals surface area contributed by atoms with Gasteiger partial charge in [-0.05, 0) is 69.5 Å². The van der Waals surface area contributed by atoms with Crippen LogP contribution in [0.1, 0.15) is 52.5 Å². The van der Waals surface area contributed by atoms with Crippen LogP contribution in [0.2, 0.25) is 0 Å². The first-order chi connectivity index (χ1) is 15.3. The van der Waals surface area contributed by atoms with Gasteiger partial charge in [-0.3, -0.25) is 4.90 Å². The molecule has 32 heavy (non-hydrogen) atoms. The van der Waals surface area contributed by atoms with E-state index >= 15 is 0 Å². The normalized spacial score (nSPS) is 22.6. The van der Waals surface area contributed by atoms with Crippen LogP contribution in [0.3, 0.4) is 0 Å². The number of nitrogens with zero attached hydrogens (tertiary/aromatic N) is 3. The lowest BCUT2D eigenvalue weighted by atomic mass is 9.58. The Bertz CT molecular complexity index is 982. The summed E-state index contributed by atoms with van der Waals surface area (Å²) in [4.78, 5) is 2.38. The van der Waals surface area contributed by atoms with Crippen LogP contribution >= 0.6 is 0 Å². The molecule has 1 aliphatic carbocycles. The summed E-state index contributed by atoms with van der Waals surface area (Å²) in [7, 11) is 0. The van der Waals surface area contributed by atoms with E-state index in [1.165, 1.54) is 0 Å². The van der Waals surface area contributed by atoms with Crippen LogP contribution < -0.4 is 15.2 Å². The van der Waals surface area contributed by atoms with Crippen LogP contribution in [0.25, 0.3) is 0 Å². The van der Waals surface area contributed by atoms with Crippen molar-refractivity contribution in [1.29, 1.82) is 10.5 Å². The van der Waals surface area contributed by atoms with E-state index in [1.807, 2.05) is 45.9 Å². The zero-order chi connectivity index (χ0) is 23.5. The molecule has 0 spiro atoms. The van der Waals surface area contributed by atoms with Crippen molar-refractivity contribution in [2.75, 3.05) is 26.2 Å². The fourth-order valence-corrected chi connectivity index (χ4v) is 5.07. The van der Waals surface area contributed by atoms with Crippen molar-refractivity contribution in [2.24, 2.45) is 17.1 Å². The highest BCUT2D eigenvalue weighted by Gasteiger charge is 2.53. The number of nitriles is 2. The third kappa shape index (κ3) is 4.08. The minimum Gasteiger partial charge on any atom is -0.490 e. The average Bonchev–Trinajstić information content (AvgIpc) is 2.77. The molecular weight excluding hydrogens is 400 g/mol. The molecule has 2 N–H and O–H groups in total. The summed E-state index contributed by atoms with van der Waals surface area (Å²) in [6, 6.07) is 10.4. The van der Waals surface area contributed by atoms with E-state index in [0.717, 1.165) is 42.8 Å². The van der Waals surface area contributed by atoms with E-state index in [9.17, 15) is 10.5 Å². The molecule has 6 nitrogen and oxygen atoms in total. The maximum atomic E-state index is 10.3. The van der Waals surface area contributed by atoms with Crippen LogP contribution in [0, 0.1) is 34.0 Å². The van der Waals surface area contributed by atoms with Crippen LogP contribution in [0.15, 0.2) is 41.1 Å². The monoisotopic (exact) mass is 434 g/mol. The predicted molar refractivity (Wildman–Crippen MR) is 125 cm³/mol. The van der Waals surface area contributed by atoms with Crippen molar-refractivity contribution < 1.29 is 9.47 Å². The maximum Gasteiger partial charge on any atom is 0.190 e. The third-order valence-corrected chi connectivity index (χ3v) is 6.44. The van der Waals surface area contributed by atoms with Crippen LogP contribution in [0.5, 0.6) is 11.5 Å². The number of fused-ring (bicyclic) bond motifs is 1. The summed E-state index contributed by atoms with van der Waals surface area (Å²) in [6.45, 7) is 13.1. The molecule has 1 aromatic rings. The Hall–Kier alpha value is -2.96. The molecule has 0 saturated carbocycles. The average molecular weight is 435 g/mol. The first kappa shape index (κ1) is 23.7. The van der Waals surface area contributed by atoms with Crippen molar-refractivity contribution in [2.45, 2.75) is 53.1 Å². The van der Waals surface area contributed by atoms with Crippen LogP contribution in [-0.4, -0.2) is 37.2 Å². The molecule has 0 radical (unpaired) electrons. The Labute approximate surface area is 191 Å². The molecule has 1 aromatic carbocycles. The van der Waals surface area contributed by atoms with Crippen molar-refractivity contribution in [3.63, 3.8) is 0 Å². The molecule has 3 rings (SSSR count). The topological polar surface area (TPSA) is 95.3 Å². The second kappa shape index (κ2) is 9.67. The van der Waals surface area contributed by atoms with Gasteiger partial charge in [-0.25, -0.2) is 0 Å². The van der Waals surface area contributed by atoms with Crippen molar-refractivity contribution >= 4 is 0 Å². The second-order valence-electron chi connectivity index (χ2n) is 8.88. The highest BCUT2D eigenvalue weighted by Crippen LogP contribution is 2.54. The van der Waals surface area contributed by atoms with Gasteiger partial charge in [-0.1, -0.05) is 19.1 Å². The molecule has 0 fully saturated rings. The highest BCUT2D eigenvalue weighted by molar-refractivity contribution is 5.56. The number of rotatable bonds is 7. The number of allylic oxidation sites excluding steroid dienone is 2. The lowest BCUT2D eigenvalue weighted by Crippen LogP contribution is -2.48. The molecular formula is C26H34N4O2. The molecule has 170 valence electrons. The molecule has 0 aromatic heterocycles. The standard InChI is InChI=1S/C26H34N4O2/c1-6-11-30-12-10-20-18(5)25(29)26(15-27,16-28)24(21(20)14-30)19-8-9-22(32-17(3)4)23(13-19)31-7-2/h8-10,13,17,21,24H,6-7,11-12,14,29H2,1-5H3. The molecule has 1 heterocycles.